The minimum absolute atomic E-state index is 0.0490. The zero-order valence-corrected chi connectivity index (χ0v) is 12.5. The van der Waals surface area contributed by atoms with Gasteiger partial charge in [0.15, 0.2) is 0 Å². The molecule has 2 aromatic carbocycles. The van der Waals surface area contributed by atoms with Crippen LogP contribution in [0, 0.1) is 10.1 Å². The molecule has 3 rings (SSSR count). The predicted octanol–water partition coefficient (Wildman–Crippen LogP) is 2.99. The van der Waals surface area contributed by atoms with Crippen molar-refractivity contribution in [3.05, 3.63) is 69.8 Å². The number of nitrogens with one attached hydrogen (secondary N) is 1. The summed E-state index contributed by atoms with van der Waals surface area (Å²) in [5, 5.41) is 14.0. The van der Waals surface area contributed by atoms with Crippen LogP contribution in [0.5, 0.6) is 0 Å². The Kier molecular flexibility index (Phi) is 3.73. The lowest BCUT2D eigenvalue weighted by Gasteiger charge is -2.43. The Morgan fingerprint density at radius 3 is 2.43 bits per heavy atom. The summed E-state index contributed by atoms with van der Waals surface area (Å²) in [4.78, 5) is 22.9. The van der Waals surface area contributed by atoms with Crippen LogP contribution >= 0.6 is 0 Å². The lowest BCUT2D eigenvalue weighted by atomic mass is 9.71. The maximum Gasteiger partial charge on any atom is 0.292 e. The number of rotatable bonds is 4. The first-order chi connectivity index (χ1) is 11.0. The van der Waals surface area contributed by atoms with E-state index in [0.717, 1.165) is 24.8 Å². The molecule has 0 aromatic heterocycles. The Balaban J connectivity index is 1.87. The summed E-state index contributed by atoms with van der Waals surface area (Å²) >= 11 is 0. The van der Waals surface area contributed by atoms with Gasteiger partial charge in [0.25, 0.3) is 11.6 Å². The van der Waals surface area contributed by atoms with E-state index in [1.165, 1.54) is 18.2 Å². The number of nitrogen functional groups attached to an aromatic ring is 1. The number of anilines is 1. The monoisotopic (exact) mass is 311 g/mol. The molecule has 0 aliphatic heterocycles. The maximum absolute atomic E-state index is 12.5. The van der Waals surface area contributed by atoms with Gasteiger partial charge in [-0.2, -0.15) is 0 Å². The minimum atomic E-state index is -0.581. The summed E-state index contributed by atoms with van der Waals surface area (Å²) in [6.45, 7) is 0. The van der Waals surface area contributed by atoms with Crippen LogP contribution in [0.1, 0.15) is 35.2 Å². The fourth-order valence-electron chi connectivity index (χ4n) is 2.91. The molecule has 1 fully saturated rings. The second-order valence-corrected chi connectivity index (χ2v) is 5.79. The van der Waals surface area contributed by atoms with Crippen LogP contribution in [0.4, 0.5) is 11.4 Å². The first kappa shape index (κ1) is 15.0. The van der Waals surface area contributed by atoms with E-state index in [-0.39, 0.29) is 28.4 Å². The van der Waals surface area contributed by atoms with Crippen LogP contribution in [-0.2, 0) is 5.54 Å². The molecule has 1 saturated carbocycles. The van der Waals surface area contributed by atoms with E-state index >= 15 is 0 Å². The topological polar surface area (TPSA) is 98.3 Å². The molecule has 2 aromatic rings. The zero-order valence-electron chi connectivity index (χ0n) is 12.5. The molecule has 118 valence electrons. The summed E-state index contributed by atoms with van der Waals surface area (Å²) < 4.78 is 0. The van der Waals surface area contributed by atoms with E-state index < -0.39 is 4.92 Å². The lowest BCUT2D eigenvalue weighted by Crippen LogP contribution is -2.50. The number of carbonyl (C=O) groups excluding carboxylic acids is 1. The third-order valence-corrected chi connectivity index (χ3v) is 4.38. The molecule has 6 nitrogen and oxygen atoms in total. The van der Waals surface area contributed by atoms with Crippen LogP contribution in [0.15, 0.2) is 48.5 Å². The van der Waals surface area contributed by atoms with Gasteiger partial charge in [-0.1, -0.05) is 30.3 Å². The van der Waals surface area contributed by atoms with Gasteiger partial charge in [0.05, 0.1) is 10.5 Å². The Morgan fingerprint density at radius 1 is 1.17 bits per heavy atom. The van der Waals surface area contributed by atoms with Crippen molar-refractivity contribution in [3.63, 3.8) is 0 Å². The number of hydrogen-bond donors (Lipinski definition) is 2. The smallest absolute Gasteiger partial charge is 0.292 e. The van der Waals surface area contributed by atoms with E-state index in [9.17, 15) is 14.9 Å². The summed E-state index contributed by atoms with van der Waals surface area (Å²) in [6.07, 6.45) is 2.76. The summed E-state index contributed by atoms with van der Waals surface area (Å²) in [7, 11) is 0. The van der Waals surface area contributed by atoms with Crippen molar-refractivity contribution < 1.29 is 9.72 Å². The van der Waals surface area contributed by atoms with E-state index in [1.807, 2.05) is 30.3 Å². The van der Waals surface area contributed by atoms with E-state index in [2.05, 4.69) is 5.32 Å². The average molecular weight is 311 g/mol. The molecule has 0 heterocycles. The van der Waals surface area contributed by atoms with Crippen molar-refractivity contribution in [1.29, 1.82) is 0 Å². The molecule has 1 amide bonds. The molecule has 0 radical (unpaired) electrons. The number of nitrogens with zero attached hydrogens (tertiary/aromatic N) is 1. The van der Waals surface area contributed by atoms with Crippen molar-refractivity contribution in [1.82, 2.24) is 5.32 Å². The lowest BCUT2D eigenvalue weighted by molar-refractivity contribution is -0.383. The second-order valence-electron chi connectivity index (χ2n) is 5.79. The Bertz CT molecular complexity index is 755. The predicted molar refractivity (Wildman–Crippen MR) is 86.9 cm³/mol. The highest BCUT2D eigenvalue weighted by atomic mass is 16.6. The largest absolute Gasteiger partial charge is 0.393 e. The normalized spacial score (nSPS) is 15.5. The Labute approximate surface area is 133 Å². The highest BCUT2D eigenvalue weighted by molar-refractivity contribution is 5.96. The molecular formula is C17H17N3O3. The molecule has 0 atom stereocenters. The third-order valence-electron chi connectivity index (χ3n) is 4.38. The molecular weight excluding hydrogens is 294 g/mol. The van der Waals surface area contributed by atoms with Crippen molar-refractivity contribution in [3.8, 4) is 0 Å². The molecule has 23 heavy (non-hydrogen) atoms. The highest BCUT2D eigenvalue weighted by Crippen LogP contribution is 2.41. The number of hydrogen-bond acceptors (Lipinski definition) is 4. The van der Waals surface area contributed by atoms with Crippen LogP contribution in [0.2, 0.25) is 0 Å². The number of nitrogens with two attached hydrogens (primary N) is 1. The molecule has 6 heteroatoms. The number of nitro benzene ring substituents is 1. The van der Waals surface area contributed by atoms with Crippen molar-refractivity contribution in [2.24, 2.45) is 0 Å². The van der Waals surface area contributed by atoms with E-state index in [1.54, 1.807) is 0 Å². The molecule has 0 spiro atoms. The molecule has 1 aliphatic carbocycles. The first-order valence-electron chi connectivity index (χ1n) is 7.44. The van der Waals surface area contributed by atoms with Crippen LogP contribution in [-0.4, -0.2) is 10.8 Å². The third kappa shape index (κ3) is 2.75. The van der Waals surface area contributed by atoms with Gasteiger partial charge in [0, 0.05) is 11.6 Å². The second kappa shape index (κ2) is 5.72. The quantitative estimate of drug-likeness (QED) is 0.515. The van der Waals surface area contributed by atoms with Gasteiger partial charge in [0.2, 0.25) is 0 Å². The summed E-state index contributed by atoms with van der Waals surface area (Å²) in [6, 6.07) is 13.9. The van der Waals surface area contributed by atoms with Gasteiger partial charge in [-0.25, -0.2) is 0 Å². The maximum atomic E-state index is 12.5. The van der Waals surface area contributed by atoms with Gasteiger partial charge < -0.3 is 11.1 Å². The van der Waals surface area contributed by atoms with Gasteiger partial charge in [-0.05, 0) is 37.0 Å². The van der Waals surface area contributed by atoms with Crippen LogP contribution in [0.25, 0.3) is 0 Å². The summed E-state index contributed by atoms with van der Waals surface area (Å²) in [5.74, 6) is -0.323. The van der Waals surface area contributed by atoms with Crippen molar-refractivity contribution >= 4 is 17.3 Å². The zero-order chi connectivity index (χ0) is 16.4. The first-order valence-corrected chi connectivity index (χ1v) is 7.44. The molecule has 0 bridgehead atoms. The number of nitro groups is 1. The fraction of sp³-hybridized carbons (Fsp3) is 0.235. The van der Waals surface area contributed by atoms with Crippen molar-refractivity contribution in [2.45, 2.75) is 24.8 Å². The molecule has 1 aliphatic rings. The van der Waals surface area contributed by atoms with Crippen LogP contribution in [0.3, 0.4) is 0 Å². The number of carbonyl (C=O) groups is 1. The molecule has 0 saturated heterocycles. The van der Waals surface area contributed by atoms with Gasteiger partial charge in [-0.15, -0.1) is 0 Å². The molecule has 3 N–H and O–H groups in total. The van der Waals surface area contributed by atoms with Crippen LogP contribution < -0.4 is 11.1 Å². The SMILES string of the molecule is Nc1ccc(C(=O)NC2(c3ccccc3)CCC2)cc1[N+](=O)[O-]. The van der Waals surface area contributed by atoms with Gasteiger partial charge in [0.1, 0.15) is 5.69 Å². The highest BCUT2D eigenvalue weighted by Gasteiger charge is 2.40. The Morgan fingerprint density at radius 2 is 1.87 bits per heavy atom. The van der Waals surface area contributed by atoms with E-state index in [0.29, 0.717) is 0 Å². The van der Waals surface area contributed by atoms with Gasteiger partial charge >= 0.3 is 0 Å². The minimum Gasteiger partial charge on any atom is -0.393 e. The van der Waals surface area contributed by atoms with Crippen molar-refractivity contribution in [2.75, 3.05) is 5.73 Å². The fourth-order valence-corrected chi connectivity index (χ4v) is 2.91. The number of amides is 1. The molecule has 0 unspecified atom stereocenters. The number of benzene rings is 2. The standard InChI is InChI=1S/C17H17N3O3/c18-14-8-7-12(11-15(14)20(22)23)16(21)19-17(9-4-10-17)13-5-2-1-3-6-13/h1-3,5-8,11H,4,9-10,18H2,(H,19,21). The Hall–Kier alpha value is -2.89. The van der Waals surface area contributed by atoms with E-state index in [4.69, 9.17) is 5.73 Å². The van der Waals surface area contributed by atoms with Gasteiger partial charge in [-0.3, -0.25) is 14.9 Å². The summed E-state index contributed by atoms with van der Waals surface area (Å²) in [5.41, 5.74) is 6.29. The average Bonchev–Trinajstić information content (AvgIpc) is 2.51.